The summed E-state index contributed by atoms with van der Waals surface area (Å²) in [6.07, 6.45) is 4.28. The Bertz CT molecular complexity index is 899. The zero-order valence-corrected chi connectivity index (χ0v) is 16.4. The van der Waals surface area contributed by atoms with Crippen molar-refractivity contribution in [1.82, 2.24) is 4.90 Å². The lowest BCUT2D eigenvalue weighted by atomic mass is 10.1. The van der Waals surface area contributed by atoms with Crippen LogP contribution in [0.4, 0.5) is 11.4 Å². The van der Waals surface area contributed by atoms with Gasteiger partial charge in [0.25, 0.3) is 11.8 Å². The molecule has 1 saturated heterocycles. The van der Waals surface area contributed by atoms with Gasteiger partial charge in [-0.3, -0.25) is 19.3 Å². The van der Waals surface area contributed by atoms with Crippen LogP contribution < -0.4 is 10.2 Å². The van der Waals surface area contributed by atoms with Crippen LogP contribution in [0.5, 0.6) is 0 Å². The smallest absolute Gasteiger partial charge is 0.261 e. The van der Waals surface area contributed by atoms with Crippen LogP contribution in [-0.2, 0) is 4.79 Å². The van der Waals surface area contributed by atoms with Gasteiger partial charge in [0.15, 0.2) is 0 Å². The summed E-state index contributed by atoms with van der Waals surface area (Å²) in [6.45, 7) is 2.26. The number of hydrogen-bond acceptors (Lipinski definition) is 4. The Kier molecular flexibility index (Phi) is 5.60. The predicted molar refractivity (Wildman–Crippen MR) is 112 cm³/mol. The van der Waals surface area contributed by atoms with E-state index in [1.807, 2.05) is 24.3 Å². The molecule has 3 amide bonds. The van der Waals surface area contributed by atoms with E-state index >= 15 is 0 Å². The van der Waals surface area contributed by atoms with Gasteiger partial charge in [-0.15, -0.1) is 0 Å². The molecule has 0 aromatic heterocycles. The van der Waals surface area contributed by atoms with E-state index in [0.717, 1.165) is 24.5 Å². The molecule has 1 N–H and O–H groups in total. The molecule has 4 rings (SSSR count). The molecule has 0 atom stereocenters. The van der Waals surface area contributed by atoms with Gasteiger partial charge in [0.2, 0.25) is 5.91 Å². The molecule has 2 aliphatic rings. The van der Waals surface area contributed by atoms with Gasteiger partial charge in [0.05, 0.1) is 22.5 Å². The fraction of sp³-hybridized carbons (Fsp3) is 0.348. The second kappa shape index (κ2) is 8.47. The van der Waals surface area contributed by atoms with E-state index in [0.29, 0.717) is 17.5 Å². The fourth-order valence-electron chi connectivity index (χ4n) is 4.04. The number of rotatable bonds is 6. The Balaban J connectivity index is 1.33. The minimum Gasteiger partial charge on any atom is -0.370 e. The summed E-state index contributed by atoms with van der Waals surface area (Å²) < 4.78 is 0. The summed E-state index contributed by atoms with van der Waals surface area (Å²) in [5, 5.41) is 3.00. The van der Waals surface area contributed by atoms with Gasteiger partial charge >= 0.3 is 0 Å². The maximum Gasteiger partial charge on any atom is 0.261 e. The van der Waals surface area contributed by atoms with Gasteiger partial charge in [-0.1, -0.05) is 24.3 Å². The first-order valence-electron chi connectivity index (χ1n) is 10.2. The van der Waals surface area contributed by atoms with Crippen molar-refractivity contribution in [3.8, 4) is 0 Å². The average molecular weight is 391 g/mol. The Morgan fingerprint density at radius 1 is 0.862 bits per heavy atom. The van der Waals surface area contributed by atoms with Crippen molar-refractivity contribution in [2.75, 3.05) is 29.9 Å². The van der Waals surface area contributed by atoms with Gasteiger partial charge in [-0.05, 0) is 49.9 Å². The Morgan fingerprint density at radius 2 is 1.48 bits per heavy atom. The first kappa shape index (κ1) is 19.2. The molecule has 0 unspecified atom stereocenters. The molecule has 150 valence electrons. The number of nitrogens with one attached hydrogen (secondary N) is 1. The summed E-state index contributed by atoms with van der Waals surface area (Å²) in [6, 6.07) is 14.7. The van der Waals surface area contributed by atoms with E-state index in [4.69, 9.17) is 0 Å². The molecule has 0 bridgehead atoms. The molecule has 6 nitrogen and oxygen atoms in total. The number of benzene rings is 2. The topological polar surface area (TPSA) is 69.7 Å². The van der Waals surface area contributed by atoms with Crippen LogP contribution in [-0.4, -0.2) is 42.3 Å². The van der Waals surface area contributed by atoms with Crippen molar-refractivity contribution >= 4 is 29.1 Å². The quantitative estimate of drug-likeness (QED) is 0.763. The molecule has 29 heavy (non-hydrogen) atoms. The van der Waals surface area contributed by atoms with Crippen molar-refractivity contribution in [1.29, 1.82) is 0 Å². The molecule has 2 aromatic carbocycles. The highest BCUT2D eigenvalue weighted by Gasteiger charge is 2.34. The molecule has 2 aromatic rings. The maximum atomic E-state index is 12.5. The Hall–Kier alpha value is -3.15. The van der Waals surface area contributed by atoms with Gasteiger partial charge in [0.1, 0.15) is 0 Å². The molecule has 2 heterocycles. The lowest BCUT2D eigenvalue weighted by molar-refractivity contribution is -0.116. The Labute approximate surface area is 170 Å². The predicted octanol–water partition coefficient (Wildman–Crippen LogP) is 3.69. The van der Waals surface area contributed by atoms with E-state index in [1.165, 1.54) is 24.2 Å². The van der Waals surface area contributed by atoms with E-state index < -0.39 is 0 Å². The third kappa shape index (κ3) is 4.01. The second-order valence-corrected chi connectivity index (χ2v) is 7.52. The number of carbonyl (C=O) groups excluding carboxylic acids is 3. The van der Waals surface area contributed by atoms with Crippen LogP contribution in [0.2, 0.25) is 0 Å². The third-order valence-corrected chi connectivity index (χ3v) is 5.54. The summed E-state index contributed by atoms with van der Waals surface area (Å²) in [4.78, 5) is 40.8. The summed E-state index contributed by atoms with van der Waals surface area (Å²) >= 11 is 0. The minimum absolute atomic E-state index is 0.105. The fourth-order valence-corrected chi connectivity index (χ4v) is 4.04. The molecule has 2 aliphatic heterocycles. The Morgan fingerprint density at radius 3 is 2.17 bits per heavy atom. The summed E-state index contributed by atoms with van der Waals surface area (Å²) in [5.74, 6) is -0.658. The number of hydrogen-bond donors (Lipinski definition) is 1. The van der Waals surface area contributed by atoms with Crippen molar-refractivity contribution in [3.63, 3.8) is 0 Å². The number of imide groups is 1. The SMILES string of the molecule is O=C(CCCN1C(=O)c2ccccc2C1=O)Nc1ccccc1N1CCCCC1. The molecule has 0 radical (unpaired) electrons. The van der Waals surface area contributed by atoms with Gasteiger partial charge in [0, 0.05) is 26.1 Å². The third-order valence-electron chi connectivity index (χ3n) is 5.54. The van der Waals surface area contributed by atoms with Crippen LogP contribution in [0.1, 0.15) is 52.8 Å². The lowest BCUT2D eigenvalue weighted by Gasteiger charge is -2.30. The zero-order chi connectivity index (χ0) is 20.2. The standard InChI is InChI=1S/C23H25N3O3/c27-21(24-19-11-4-5-12-20(19)25-14-6-1-7-15-25)13-8-16-26-22(28)17-9-2-3-10-18(17)23(26)29/h2-5,9-12H,1,6-8,13-16H2,(H,24,27). The van der Waals surface area contributed by atoms with E-state index in [9.17, 15) is 14.4 Å². The molecule has 0 spiro atoms. The van der Waals surface area contributed by atoms with Crippen molar-refractivity contribution in [2.45, 2.75) is 32.1 Å². The summed E-state index contributed by atoms with van der Waals surface area (Å²) in [5.41, 5.74) is 2.76. The largest absolute Gasteiger partial charge is 0.370 e. The van der Waals surface area contributed by atoms with Crippen molar-refractivity contribution in [2.24, 2.45) is 0 Å². The molecule has 1 fully saturated rings. The normalized spacial score (nSPS) is 16.1. The molecule has 0 saturated carbocycles. The summed E-state index contributed by atoms with van der Waals surface area (Å²) in [7, 11) is 0. The van der Waals surface area contributed by atoms with Crippen LogP contribution in [0.3, 0.4) is 0 Å². The lowest BCUT2D eigenvalue weighted by Crippen LogP contribution is -2.31. The van der Waals surface area contributed by atoms with Crippen LogP contribution >= 0.6 is 0 Å². The van der Waals surface area contributed by atoms with Gasteiger partial charge < -0.3 is 10.2 Å². The first-order chi connectivity index (χ1) is 14.1. The highest BCUT2D eigenvalue weighted by molar-refractivity contribution is 6.21. The first-order valence-corrected chi connectivity index (χ1v) is 10.2. The second-order valence-electron chi connectivity index (χ2n) is 7.52. The number of anilines is 2. The average Bonchev–Trinajstić information content (AvgIpc) is 3.00. The van der Waals surface area contributed by atoms with E-state index in [2.05, 4.69) is 10.2 Å². The van der Waals surface area contributed by atoms with Crippen LogP contribution in [0.25, 0.3) is 0 Å². The molecular formula is C23H25N3O3. The minimum atomic E-state index is -0.276. The van der Waals surface area contributed by atoms with Crippen LogP contribution in [0.15, 0.2) is 48.5 Å². The number of amides is 3. The van der Waals surface area contributed by atoms with Crippen molar-refractivity contribution in [3.05, 3.63) is 59.7 Å². The van der Waals surface area contributed by atoms with Crippen molar-refractivity contribution < 1.29 is 14.4 Å². The van der Waals surface area contributed by atoms with Crippen LogP contribution in [0, 0.1) is 0 Å². The monoisotopic (exact) mass is 391 g/mol. The van der Waals surface area contributed by atoms with Gasteiger partial charge in [-0.2, -0.15) is 0 Å². The number of piperidine rings is 1. The highest BCUT2D eigenvalue weighted by Crippen LogP contribution is 2.28. The number of carbonyl (C=O) groups is 3. The highest BCUT2D eigenvalue weighted by atomic mass is 16.2. The maximum absolute atomic E-state index is 12.5. The zero-order valence-electron chi connectivity index (χ0n) is 16.4. The number of nitrogens with zero attached hydrogens (tertiary/aromatic N) is 2. The van der Waals surface area contributed by atoms with E-state index in [1.54, 1.807) is 24.3 Å². The molecule has 0 aliphatic carbocycles. The molecular weight excluding hydrogens is 366 g/mol. The number of para-hydroxylation sites is 2. The molecule has 6 heteroatoms. The number of fused-ring (bicyclic) bond motifs is 1. The van der Waals surface area contributed by atoms with E-state index in [-0.39, 0.29) is 30.7 Å². The van der Waals surface area contributed by atoms with Gasteiger partial charge in [-0.25, -0.2) is 0 Å².